The summed E-state index contributed by atoms with van der Waals surface area (Å²) in [7, 11) is 0. The van der Waals surface area contributed by atoms with Gasteiger partial charge in [-0.1, -0.05) is 19.1 Å². The number of amides is 1. The maximum absolute atomic E-state index is 12.5. The highest BCUT2D eigenvalue weighted by Crippen LogP contribution is 2.25. The molecule has 2 heterocycles. The van der Waals surface area contributed by atoms with Crippen molar-refractivity contribution in [3.05, 3.63) is 12.2 Å². The topological polar surface area (TPSA) is 43.8 Å². The van der Waals surface area contributed by atoms with Crippen molar-refractivity contribution >= 4 is 5.91 Å². The SMILES string of the molecule is CC/C=C/CCN1CCCC(O)(C(=O)N2CCCC2)C1. The van der Waals surface area contributed by atoms with Gasteiger partial charge < -0.3 is 10.0 Å². The van der Waals surface area contributed by atoms with Crippen LogP contribution in [0.1, 0.15) is 45.4 Å². The summed E-state index contributed by atoms with van der Waals surface area (Å²) in [4.78, 5) is 16.6. The number of allylic oxidation sites excluding steroid dienone is 1. The molecule has 0 saturated carbocycles. The molecular formula is C16H28N2O2. The Bertz CT molecular complexity index is 350. The molecule has 0 spiro atoms. The van der Waals surface area contributed by atoms with E-state index in [2.05, 4.69) is 24.0 Å². The molecule has 0 aliphatic carbocycles. The van der Waals surface area contributed by atoms with Gasteiger partial charge in [-0.2, -0.15) is 0 Å². The molecule has 20 heavy (non-hydrogen) atoms. The fourth-order valence-corrected chi connectivity index (χ4v) is 3.24. The van der Waals surface area contributed by atoms with Gasteiger partial charge in [-0.3, -0.25) is 9.69 Å². The number of aliphatic hydroxyl groups is 1. The molecule has 1 amide bonds. The van der Waals surface area contributed by atoms with Crippen molar-refractivity contribution in [1.82, 2.24) is 9.80 Å². The number of carbonyl (C=O) groups excluding carboxylic acids is 1. The number of nitrogens with zero attached hydrogens (tertiary/aromatic N) is 2. The van der Waals surface area contributed by atoms with E-state index in [1.54, 1.807) is 0 Å². The fraction of sp³-hybridized carbons (Fsp3) is 0.812. The van der Waals surface area contributed by atoms with E-state index < -0.39 is 5.60 Å². The van der Waals surface area contributed by atoms with Crippen LogP contribution in [0.25, 0.3) is 0 Å². The molecule has 0 radical (unpaired) electrons. The Morgan fingerprint density at radius 3 is 2.65 bits per heavy atom. The van der Waals surface area contributed by atoms with E-state index in [4.69, 9.17) is 0 Å². The van der Waals surface area contributed by atoms with Crippen molar-refractivity contribution in [3.8, 4) is 0 Å². The summed E-state index contributed by atoms with van der Waals surface area (Å²) < 4.78 is 0. The standard InChI is InChI=1S/C16H28N2O2/c1-2-3-4-5-10-17-11-8-9-16(20,14-17)15(19)18-12-6-7-13-18/h3-4,20H,2,5-14H2,1H3/b4-3+. The van der Waals surface area contributed by atoms with Crippen molar-refractivity contribution in [2.45, 2.75) is 51.0 Å². The molecule has 0 aromatic heterocycles. The van der Waals surface area contributed by atoms with Gasteiger partial charge in [-0.25, -0.2) is 0 Å². The summed E-state index contributed by atoms with van der Waals surface area (Å²) in [5.41, 5.74) is -1.14. The molecule has 1 N–H and O–H groups in total. The highest BCUT2D eigenvalue weighted by atomic mass is 16.3. The molecule has 0 bridgehead atoms. The lowest BCUT2D eigenvalue weighted by molar-refractivity contribution is -0.156. The van der Waals surface area contributed by atoms with Crippen LogP contribution in [0, 0.1) is 0 Å². The van der Waals surface area contributed by atoms with Gasteiger partial charge in [0.1, 0.15) is 0 Å². The smallest absolute Gasteiger partial charge is 0.255 e. The van der Waals surface area contributed by atoms with Gasteiger partial charge in [0.25, 0.3) is 5.91 Å². The van der Waals surface area contributed by atoms with Gasteiger partial charge in [0.05, 0.1) is 0 Å². The van der Waals surface area contributed by atoms with E-state index in [0.29, 0.717) is 13.0 Å². The second kappa shape index (κ2) is 7.23. The van der Waals surface area contributed by atoms with Crippen LogP contribution in [0.2, 0.25) is 0 Å². The van der Waals surface area contributed by atoms with Crippen LogP contribution in [0.3, 0.4) is 0 Å². The van der Waals surface area contributed by atoms with E-state index in [-0.39, 0.29) is 5.91 Å². The number of carbonyl (C=O) groups is 1. The Hall–Kier alpha value is -0.870. The maximum atomic E-state index is 12.5. The number of rotatable bonds is 5. The normalized spacial score (nSPS) is 28.4. The average Bonchev–Trinajstić information content (AvgIpc) is 2.97. The third kappa shape index (κ3) is 3.83. The average molecular weight is 280 g/mol. The fourth-order valence-electron chi connectivity index (χ4n) is 3.24. The second-order valence-corrected chi connectivity index (χ2v) is 6.08. The van der Waals surface area contributed by atoms with Crippen LogP contribution >= 0.6 is 0 Å². The molecule has 2 saturated heterocycles. The lowest BCUT2D eigenvalue weighted by Gasteiger charge is -2.39. The summed E-state index contributed by atoms with van der Waals surface area (Å²) in [6.07, 6.45) is 10.1. The number of β-amino-alcohol motifs (C(OH)–C–C–N with tert-alkyl or cyclic N) is 1. The Morgan fingerprint density at radius 1 is 1.20 bits per heavy atom. The minimum atomic E-state index is -1.14. The van der Waals surface area contributed by atoms with Gasteiger partial charge in [0.15, 0.2) is 5.60 Å². The first-order chi connectivity index (χ1) is 9.65. The van der Waals surface area contributed by atoms with Crippen molar-refractivity contribution < 1.29 is 9.90 Å². The van der Waals surface area contributed by atoms with Gasteiger partial charge in [0, 0.05) is 26.2 Å². The highest BCUT2D eigenvalue weighted by Gasteiger charge is 2.42. The van der Waals surface area contributed by atoms with Crippen LogP contribution in [0.15, 0.2) is 12.2 Å². The van der Waals surface area contributed by atoms with Crippen molar-refractivity contribution in [1.29, 1.82) is 0 Å². The quantitative estimate of drug-likeness (QED) is 0.781. The number of piperidine rings is 1. The first-order valence-electron chi connectivity index (χ1n) is 8.05. The predicted octanol–water partition coefficient (Wildman–Crippen LogP) is 1.79. The van der Waals surface area contributed by atoms with Gasteiger partial charge >= 0.3 is 0 Å². The Kier molecular flexibility index (Phi) is 5.61. The third-order valence-corrected chi connectivity index (χ3v) is 4.36. The highest BCUT2D eigenvalue weighted by molar-refractivity contribution is 5.85. The molecule has 1 atom stereocenters. The molecule has 2 aliphatic heterocycles. The molecule has 4 nitrogen and oxygen atoms in total. The molecule has 2 aliphatic rings. The van der Waals surface area contributed by atoms with Crippen LogP contribution in [0.5, 0.6) is 0 Å². The summed E-state index contributed by atoms with van der Waals surface area (Å²) in [6.45, 7) is 6.20. The lowest BCUT2D eigenvalue weighted by Crippen LogP contribution is -2.57. The molecule has 2 fully saturated rings. The van der Waals surface area contributed by atoms with Crippen molar-refractivity contribution in [2.24, 2.45) is 0 Å². The molecule has 0 aromatic carbocycles. The lowest BCUT2D eigenvalue weighted by atomic mass is 9.91. The minimum absolute atomic E-state index is 0.0381. The van der Waals surface area contributed by atoms with Crippen LogP contribution in [-0.2, 0) is 4.79 Å². The zero-order chi connectivity index (χ0) is 14.4. The number of likely N-dealkylation sites (tertiary alicyclic amines) is 2. The summed E-state index contributed by atoms with van der Waals surface area (Å²) in [6, 6.07) is 0. The van der Waals surface area contributed by atoms with E-state index >= 15 is 0 Å². The molecule has 2 rings (SSSR count). The first kappa shape index (κ1) is 15.5. The molecule has 0 aromatic rings. The summed E-state index contributed by atoms with van der Waals surface area (Å²) >= 11 is 0. The zero-order valence-corrected chi connectivity index (χ0v) is 12.7. The van der Waals surface area contributed by atoms with Crippen molar-refractivity contribution in [2.75, 3.05) is 32.7 Å². The van der Waals surface area contributed by atoms with Crippen LogP contribution in [0.4, 0.5) is 0 Å². The van der Waals surface area contributed by atoms with Crippen LogP contribution < -0.4 is 0 Å². The van der Waals surface area contributed by atoms with Gasteiger partial charge in [-0.15, -0.1) is 0 Å². The Morgan fingerprint density at radius 2 is 1.95 bits per heavy atom. The first-order valence-corrected chi connectivity index (χ1v) is 8.05. The monoisotopic (exact) mass is 280 g/mol. The van der Waals surface area contributed by atoms with E-state index in [9.17, 15) is 9.90 Å². The van der Waals surface area contributed by atoms with Gasteiger partial charge in [-0.05, 0) is 45.1 Å². The van der Waals surface area contributed by atoms with Gasteiger partial charge in [0.2, 0.25) is 0 Å². The largest absolute Gasteiger partial charge is 0.379 e. The zero-order valence-electron chi connectivity index (χ0n) is 12.7. The molecule has 4 heteroatoms. The Labute approximate surface area is 122 Å². The molecule has 1 unspecified atom stereocenters. The Balaban J connectivity index is 1.87. The van der Waals surface area contributed by atoms with Crippen molar-refractivity contribution in [3.63, 3.8) is 0 Å². The molecular weight excluding hydrogens is 252 g/mol. The summed E-state index contributed by atoms with van der Waals surface area (Å²) in [5.74, 6) is -0.0381. The number of hydrogen-bond donors (Lipinski definition) is 1. The second-order valence-electron chi connectivity index (χ2n) is 6.08. The van der Waals surface area contributed by atoms with E-state index in [1.165, 1.54) is 0 Å². The predicted molar refractivity (Wildman–Crippen MR) is 80.5 cm³/mol. The number of hydrogen-bond acceptors (Lipinski definition) is 3. The van der Waals surface area contributed by atoms with E-state index in [0.717, 1.165) is 58.3 Å². The van der Waals surface area contributed by atoms with Crippen LogP contribution in [-0.4, -0.2) is 59.1 Å². The minimum Gasteiger partial charge on any atom is -0.379 e. The third-order valence-electron chi connectivity index (χ3n) is 4.36. The summed E-state index contributed by atoms with van der Waals surface area (Å²) in [5, 5.41) is 10.7. The molecule has 114 valence electrons. The maximum Gasteiger partial charge on any atom is 0.255 e. The van der Waals surface area contributed by atoms with E-state index in [1.807, 2.05) is 4.90 Å².